The molecule has 0 aliphatic heterocycles. The zero-order valence-electron chi connectivity index (χ0n) is 12.2. The van der Waals surface area contributed by atoms with Crippen molar-refractivity contribution in [3.63, 3.8) is 0 Å². The first-order valence-corrected chi connectivity index (χ1v) is 7.07. The second kappa shape index (κ2) is 5.70. The summed E-state index contributed by atoms with van der Waals surface area (Å²) < 4.78 is 5.68. The Labute approximate surface area is 120 Å². The summed E-state index contributed by atoms with van der Waals surface area (Å²) in [5.41, 5.74) is 1.31. The first-order valence-electron chi connectivity index (χ1n) is 7.07. The van der Waals surface area contributed by atoms with E-state index >= 15 is 0 Å². The van der Waals surface area contributed by atoms with Crippen LogP contribution < -0.4 is 0 Å². The molecule has 1 aliphatic carbocycles. The number of ether oxygens (including phenoxy) is 1. The maximum Gasteiger partial charge on any atom is 0.338 e. The van der Waals surface area contributed by atoms with E-state index in [1.807, 2.05) is 6.92 Å². The molecule has 1 aliphatic rings. The van der Waals surface area contributed by atoms with E-state index in [1.165, 1.54) is 17.7 Å². The molecular weight excluding hydrogens is 252 g/mol. The molecule has 0 atom stereocenters. The van der Waals surface area contributed by atoms with E-state index in [1.54, 1.807) is 12.1 Å². The Morgan fingerprint density at radius 3 is 2.35 bits per heavy atom. The molecule has 108 valence electrons. The number of hydrogen-bond donors (Lipinski definition) is 1. The fourth-order valence-electron chi connectivity index (χ4n) is 2.70. The van der Waals surface area contributed by atoms with E-state index < -0.39 is 0 Å². The van der Waals surface area contributed by atoms with Crippen molar-refractivity contribution in [3.8, 4) is 5.75 Å². The zero-order chi connectivity index (χ0) is 14.8. The highest BCUT2D eigenvalue weighted by molar-refractivity contribution is 5.89. The number of allylic oxidation sites excluding steroid dienone is 1. The molecule has 2 rings (SSSR count). The lowest BCUT2D eigenvalue weighted by molar-refractivity contribution is -0.0317. The summed E-state index contributed by atoms with van der Waals surface area (Å²) in [4.78, 5) is 12.1. The van der Waals surface area contributed by atoms with Gasteiger partial charge in [-0.25, -0.2) is 4.79 Å². The molecule has 20 heavy (non-hydrogen) atoms. The van der Waals surface area contributed by atoms with Crippen molar-refractivity contribution in [2.75, 3.05) is 0 Å². The Morgan fingerprint density at radius 2 is 1.85 bits per heavy atom. The highest BCUT2D eigenvalue weighted by atomic mass is 16.6. The van der Waals surface area contributed by atoms with Crippen LogP contribution in [-0.4, -0.2) is 16.7 Å². The van der Waals surface area contributed by atoms with Crippen LogP contribution in [0.25, 0.3) is 0 Å². The van der Waals surface area contributed by atoms with E-state index in [9.17, 15) is 9.90 Å². The smallest absolute Gasteiger partial charge is 0.338 e. The maximum atomic E-state index is 12.1. The average Bonchev–Trinajstić information content (AvgIpc) is 2.39. The number of phenolic OH excluding ortho intramolecular Hbond substituents is 1. The Morgan fingerprint density at radius 1 is 1.30 bits per heavy atom. The van der Waals surface area contributed by atoms with E-state index in [0.717, 1.165) is 25.7 Å². The van der Waals surface area contributed by atoms with Crippen LogP contribution in [0.3, 0.4) is 0 Å². The van der Waals surface area contributed by atoms with Crippen LogP contribution in [0.1, 0.15) is 49.9 Å². The maximum absolute atomic E-state index is 12.1. The quantitative estimate of drug-likeness (QED) is 0.667. The average molecular weight is 274 g/mol. The van der Waals surface area contributed by atoms with Gasteiger partial charge in [-0.1, -0.05) is 12.2 Å². The first-order chi connectivity index (χ1) is 9.39. The van der Waals surface area contributed by atoms with Crippen molar-refractivity contribution in [2.45, 2.75) is 45.1 Å². The minimum atomic E-state index is -0.388. The van der Waals surface area contributed by atoms with Gasteiger partial charge in [-0.3, -0.25) is 0 Å². The van der Waals surface area contributed by atoms with Crippen LogP contribution in [-0.2, 0) is 4.74 Å². The third-order valence-corrected chi connectivity index (χ3v) is 4.18. The number of hydrogen-bond acceptors (Lipinski definition) is 3. The van der Waals surface area contributed by atoms with Crippen molar-refractivity contribution >= 4 is 5.97 Å². The monoisotopic (exact) mass is 274 g/mol. The molecule has 1 saturated carbocycles. The van der Waals surface area contributed by atoms with Crippen molar-refractivity contribution in [2.24, 2.45) is 5.92 Å². The topological polar surface area (TPSA) is 46.5 Å². The van der Waals surface area contributed by atoms with Gasteiger partial charge >= 0.3 is 5.97 Å². The van der Waals surface area contributed by atoms with Gasteiger partial charge in [0.05, 0.1) is 5.56 Å². The minimum Gasteiger partial charge on any atom is -0.508 e. The number of aromatic hydroxyl groups is 1. The first kappa shape index (κ1) is 14.6. The predicted molar refractivity (Wildman–Crippen MR) is 78.7 cm³/mol. The summed E-state index contributed by atoms with van der Waals surface area (Å²) in [6, 6.07) is 6.16. The molecule has 0 bridgehead atoms. The number of esters is 1. The summed E-state index contributed by atoms with van der Waals surface area (Å²) in [6.45, 7) is 8.08. The third kappa shape index (κ3) is 3.41. The number of rotatable bonds is 3. The van der Waals surface area contributed by atoms with Gasteiger partial charge in [0.25, 0.3) is 0 Å². The summed E-state index contributed by atoms with van der Waals surface area (Å²) >= 11 is 0. The van der Waals surface area contributed by atoms with Gasteiger partial charge in [0, 0.05) is 0 Å². The summed E-state index contributed by atoms with van der Waals surface area (Å²) in [7, 11) is 0. The summed E-state index contributed by atoms with van der Waals surface area (Å²) in [6.07, 6.45) is 3.78. The van der Waals surface area contributed by atoms with Crippen molar-refractivity contribution < 1.29 is 14.6 Å². The largest absolute Gasteiger partial charge is 0.508 e. The molecule has 1 aromatic rings. The lowest BCUT2D eigenvalue weighted by Gasteiger charge is -2.37. The Kier molecular flexibility index (Phi) is 4.17. The third-order valence-electron chi connectivity index (χ3n) is 4.18. The number of benzene rings is 1. The molecule has 0 spiro atoms. The number of phenols is 1. The van der Waals surface area contributed by atoms with Gasteiger partial charge < -0.3 is 9.84 Å². The van der Waals surface area contributed by atoms with Crippen LogP contribution in [0, 0.1) is 5.92 Å². The van der Waals surface area contributed by atoms with E-state index in [-0.39, 0.29) is 17.3 Å². The molecular formula is C17H22O3. The highest BCUT2D eigenvalue weighted by Crippen LogP contribution is 2.37. The molecule has 1 fully saturated rings. The molecule has 0 radical (unpaired) electrons. The molecule has 0 amide bonds. The minimum absolute atomic E-state index is 0.148. The van der Waals surface area contributed by atoms with Crippen LogP contribution in [0.15, 0.2) is 36.4 Å². The van der Waals surface area contributed by atoms with Gasteiger partial charge in [-0.2, -0.15) is 0 Å². The SMILES string of the molecule is C=C(C)C1CCC(C)(OC(=O)c2ccc(O)cc2)CC1. The fraction of sp³-hybridized carbons (Fsp3) is 0.471. The Bertz CT molecular complexity index is 493. The van der Waals surface area contributed by atoms with Crippen molar-refractivity contribution in [1.82, 2.24) is 0 Å². The molecule has 0 heterocycles. The molecule has 3 nitrogen and oxygen atoms in total. The molecule has 1 N–H and O–H groups in total. The van der Waals surface area contributed by atoms with Crippen LogP contribution in [0.4, 0.5) is 0 Å². The van der Waals surface area contributed by atoms with Crippen LogP contribution in [0.2, 0.25) is 0 Å². The lowest BCUT2D eigenvalue weighted by Crippen LogP contribution is -2.36. The standard InChI is InChI=1S/C17H22O3/c1-12(2)13-8-10-17(3,11-9-13)20-16(19)14-4-6-15(18)7-5-14/h4-7,13,18H,1,8-11H2,2-3H3. The van der Waals surface area contributed by atoms with Gasteiger partial charge in [-0.05, 0) is 69.7 Å². The Balaban J connectivity index is 1.97. The van der Waals surface area contributed by atoms with Gasteiger partial charge in [0.2, 0.25) is 0 Å². The lowest BCUT2D eigenvalue weighted by atomic mass is 9.77. The molecule has 0 aromatic heterocycles. The van der Waals surface area contributed by atoms with Crippen molar-refractivity contribution in [3.05, 3.63) is 42.0 Å². The number of carbonyl (C=O) groups is 1. The fourth-order valence-corrected chi connectivity index (χ4v) is 2.70. The molecule has 0 unspecified atom stereocenters. The zero-order valence-corrected chi connectivity index (χ0v) is 12.2. The molecule has 1 aromatic carbocycles. The molecule has 3 heteroatoms. The second-order valence-electron chi connectivity index (χ2n) is 6.01. The summed E-state index contributed by atoms with van der Waals surface area (Å²) in [5, 5.41) is 9.23. The second-order valence-corrected chi connectivity index (χ2v) is 6.01. The highest BCUT2D eigenvalue weighted by Gasteiger charge is 2.34. The molecule has 0 saturated heterocycles. The van der Waals surface area contributed by atoms with Gasteiger partial charge in [0.1, 0.15) is 11.4 Å². The Hall–Kier alpha value is -1.77. The van der Waals surface area contributed by atoms with Crippen LogP contribution >= 0.6 is 0 Å². The van der Waals surface area contributed by atoms with Gasteiger partial charge in [0.15, 0.2) is 0 Å². The number of carbonyl (C=O) groups excluding carboxylic acids is 1. The summed E-state index contributed by atoms with van der Waals surface area (Å²) in [5.74, 6) is 0.381. The normalized spacial score (nSPS) is 26.0. The van der Waals surface area contributed by atoms with E-state index in [4.69, 9.17) is 4.74 Å². The van der Waals surface area contributed by atoms with E-state index in [2.05, 4.69) is 13.5 Å². The predicted octanol–water partition coefficient (Wildman–Crippen LogP) is 4.07. The van der Waals surface area contributed by atoms with Crippen molar-refractivity contribution in [1.29, 1.82) is 0 Å². The van der Waals surface area contributed by atoms with E-state index in [0.29, 0.717) is 11.5 Å². The van der Waals surface area contributed by atoms with Crippen LogP contribution in [0.5, 0.6) is 5.75 Å². The van der Waals surface area contributed by atoms with Gasteiger partial charge in [-0.15, -0.1) is 0 Å².